The maximum atomic E-state index is 11.1. The Hall–Kier alpha value is -1.72. The van der Waals surface area contributed by atoms with Gasteiger partial charge >= 0.3 is 5.97 Å². The SMILES string of the molecule is CCOC(=O)/C(N=NC(C)=O)=C(/C)O. The van der Waals surface area contributed by atoms with Crippen LogP contribution in [0.2, 0.25) is 0 Å². The van der Waals surface area contributed by atoms with Crippen LogP contribution in [0.5, 0.6) is 0 Å². The molecule has 0 aromatic rings. The molecule has 14 heavy (non-hydrogen) atoms. The number of aliphatic hydroxyl groups excluding tert-OH is 1. The maximum absolute atomic E-state index is 11.1. The summed E-state index contributed by atoms with van der Waals surface area (Å²) in [6, 6.07) is 0. The van der Waals surface area contributed by atoms with Crippen molar-refractivity contribution in [3.8, 4) is 0 Å². The lowest BCUT2D eigenvalue weighted by Gasteiger charge is -2.00. The molecule has 6 nitrogen and oxygen atoms in total. The van der Waals surface area contributed by atoms with E-state index in [4.69, 9.17) is 5.11 Å². The fraction of sp³-hybridized carbons (Fsp3) is 0.500. The van der Waals surface area contributed by atoms with Gasteiger partial charge in [-0.15, -0.1) is 10.2 Å². The van der Waals surface area contributed by atoms with Crippen LogP contribution in [0.1, 0.15) is 20.8 Å². The average Bonchev–Trinajstić information content (AvgIpc) is 2.03. The Morgan fingerprint density at radius 3 is 2.21 bits per heavy atom. The number of allylic oxidation sites excluding steroid dienone is 1. The summed E-state index contributed by atoms with van der Waals surface area (Å²) >= 11 is 0. The highest BCUT2D eigenvalue weighted by atomic mass is 16.5. The number of esters is 1. The van der Waals surface area contributed by atoms with Crippen molar-refractivity contribution < 1.29 is 19.4 Å². The number of aliphatic hydroxyl groups is 1. The molecule has 0 unspecified atom stereocenters. The standard InChI is InChI=1S/C8H12N2O4/c1-4-14-8(13)7(5(2)11)10-9-6(3)12/h11H,4H2,1-3H3/b7-5+,10-9?. The summed E-state index contributed by atoms with van der Waals surface area (Å²) in [4.78, 5) is 21.5. The molecular formula is C8H12N2O4. The molecule has 0 aliphatic heterocycles. The molecule has 6 heteroatoms. The van der Waals surface area contributed by atoms with E-state index in [0.717, 1.165) is 0 Å². The fourth-order valence-electron chi connectivity index (χ4n) is 0.581. The zero-order chi connectivity index (χ0) is 11.1. The highest BCUT2D eigenvalue weighted by Gasteiger charge is 2.13. The summed E-state index contributed by atoms with van der Waals surface area (Å²) < 4.78 is 4.58. The molecule has 0 saturated heterocycles. The Morgan fingerprint density at radius 1 is 1.29 bits per heavy atom. The van der Waals surface area contributed by atoms with Crippen LogP contribution in [0.25, 0.3) is 0 Å². The van der Waals surface area contributed by atoms with Crippen molar-refractivity contribution in [2.24, 2.45) is 10.2 Å². The molecule has 1 amide bonds. The van der Waals surface area contributed by atoms with Gasteiger partial charge in [0.05, 0.1) is 6.61 Å². The summed E-state index contributed by atoms with van der Waals surface area (Å²) in [7, 11) is 0. The Balaban J connectivity index is 4.73. The summed E-state index contributed by atoms with van der Waals surface area (Å²) in [6.07, 6.45) is 0. The van der Waals surface area contributed by atoms with Crippen LogP contribution >= 0.6 is 0 Å². The lowest BCUT2D eigenvalue weighted by atomic mass is 10.4. The van der Waals surface area contributed by atoms with Crippen molar-refractivity contribution in [1.29, 1.82) is 0 Å². The van der Waals surface area contributed by atoms with Gasteiger partial charge in [0, 0.05) is 6.92 Å². The maximum Gasteiger partial charge on any atom is 0.362 e. The molecule has 0 spiro atoms. The number of azo groups is 1. The topological polar surface area (TPSA) is 88.3 Å². The van der Waals surface area contributed by atoms with Gasteiger partial charge in [-0.3, -0.25) is 4.79 Å². The van der Waals surface area contributed by atoms with E-state index in [1.54, 1.807) is 6.92 Å². The number of carbonyl (C=O) groups excluding carboxylic acids is 2. The lowest BCUT2D eigenvalue weighted by molar-refractivity contribution is -0.138. The van der Waals surface area contributed by atoms with Gasteiger partial charge in [0.25, 0.3) is 5.91 Å². The first-order valence-corrected chi connectivity index (χ1v) is 3.98. The highest BCUT2D eigenvalue weighted by molar-refractivity contribution is 5.88. The molecule has 0 aromatic carbocycles. The molecule has 0 atom stereocenters. The second-order valence-electron chi connectivity index (χ2n) is 2.37. The molecule has 0 aromatic heterocycles. The van der Waals surface area contributed by atoms with Gasteiger partial charge < -0.3 is 9.84 Å². The zero-order valence-electron chi connectivity index (χ0n) is 8.27. The van der Waals surface area contributed by atoms with E-state index in [1.165, 1.54) is 13.8 Å². The van der Waals surface area contributed by atoms with E-state index >= 15 is 0 Å². The van der Waals surface area contributed by atoms with E-state index < -0.39 is 11.9 Å². The van der Waals surface area contributed by atoms with Crippen LogP contribution in [0.4, 0.5) is 0 Å². The van der Waals surface area contributed by atoms with Crippen molar-refractivity contribution in [2.45, 2.75) is 20.8 Å². The van der Waals surface area contributed by atoms with Gasteiger partial charge in [0.15, 0.2) is 0 Å². The van der Waals surface area contributed by atoms with Gasteiger partial charge in [-0.05, 0) is 13.8 Å². The van der Waals surface area contributed by atoms with Crippen LogP contribution in [0.15, 0.2) is 21.7 Å². The number of hydrogen-bond acceptors (Lipinski definition) is 5. The van der Waals surface area contributed by atoms with Crippen molar-refractivity contribution in [3.05, 3.63) is 11.5 Å². The third kappa shape index (κ3) is 4.34. The van der Waals surface area contributed by atoms with Gasteiger partial charge in [-0.1, -0.05) is 0 Å². The molecular weight excluding hydrogens is 188 g/mol. The number of amides is 1. The Morgan fingerprint density at radius 2 is 1.86 bits per heavy atom. The van der Waals surface area contributed by atoms with Crippen LogP contribution in [0, 0.1) is 0 Å². The summed E-state index contributed by atoms with van der Waals surface area (Å²) in [5, 5.41) is 15.4. The van der Waals surface area contributed by atoms with E-state index in [-0.39, 0.29) is 18.1 Å². The number of hydrogen-bond donors (Lipinski definition) is 1. The van der Waals surface area contributed by atoms with E-state index in [1.807, 2.05) is 0 Å². The van der Waals surface area contributed by atoms with Crippen molar-refractivity contribution in [1.82, 2.24) is 0 Å². The van der Waals surface area contributed by atoms with Gasteiger partial charge in [-0.25, -0.2) is 4.79 Å². The highest BCUT2D eigenvalue weighted by Crippen LogP contribution is 2.06. The predicted molar refractivity (Wildman–Crippen MR) is 47.5 cm³/mol. The number of ether oxygens (including phenoxy) is 1. The Labute approximate surface area is 81.3 Å². The third-order valence-electron chi connectivity index (χ3n) is 1.10. The average molecular weight is 200 g/mol. The van der Waals surface area contributed by atoms with Crippen molar-refractivity contribution in [3.63, 3.8) is 0 Å². The second kappa shape index (κ2) is 5.85. The smallest absolute Gasteiger partial charge is 0.362 e. The van der Waals surface area contributed by atoms with Gasteiger partial charge in [0.2, 0.25) is 5.70 Å². The van der Waals surface area contributed by atoms with E-state index in [0.29, 0.717) is 0 Å². The van der Waals surface area contributed by atoms with Crippen molar-refractivity contribution in [2.75, 3.05) is 6.61 Å². The number of nitrogens with zero attached hydrogens (tertiary/aromatic N) is 2. The normalized spacial score (nSPS) is 12.5. The first-order chi connectivity index (χ1) is 6.49. The van der Waals surface area contributed by atoms with Gasteiger partial charge in [0.1, 0.15) is 5.76 Å². The number of carbonyl (C=O) groups is 2. The summed E-state index contributed by atoms with van der Waals surface area (Å²) in [5.41, 5.74) is -0.359. The lowest BCUT2D eigenvalue weighted by Crippen LogP contribution is -2.08. The van der Waals surface area contributed by atoms with Crippen LogP contribution in [0.3, 0.4) is 0 Å². The Bertz CT molecular complexity index is 290. The molecule has 0 heterocycles. The molecule has 78 valence electrons. The predicted octanol–water partition coefficient (Wildman–Crippen LogP) is 1.34. The second-order valence-corrected chi connectivity index (χ2v) is 2.37. The largest absolute Gasteiger partial charge is 0.510 e. The van der Waals surface area contributed by atoms with Crippen LogP contribution in [-0.4, -0.2) is 23.6 Å². The van der Waals surface area contributed by atoms with Crippen LogP contribution < -0.4 is 0 Å². The van der Waals surface area contributed by atoms with Gasteiger partial charge in [-0.2, -0.15) is 0 Å². The summed E-state index contributed by atoms with van der Waals surface area (Å²) in [5.74, 6) is -1.71. The molecule has 0 rings (SSSR count). The Kier molecular flexibility index (Phi) is 5.13. The minimum absolute atomic E-state index is 0.158. The first kappa shape index (κ1) is 12.3. The molecule has 0 radical (unpaired) electrons. The monoisotopic (exact) mass is 200 g/mol. The van der Waals surface area contributed by atoms with Crippen LogP contribution in [-0.2, 0) is 14.3 Å². The number of rotatable bonds is 3. The molecule has 0 aliphatic rings. The minimum atomic E-state index is -0.808. The quantitative estimate of drug-likeness (QED) is 0.322. The minimum Gasteiger partial charge on any atom is -0.510 e. The molecule has 1 N–H and O–H groups in total. The molecule has 0 fully saturated rings. The van der Waals surface area contributed by atoms with Crippen molar-refractivity contribution >= 4 is 11.9 Å². The summed E-state index contributed by atoms with van der Waals surface area (Å²) in [6.45, 7) is 4.21. The van der Waals surface area contributed by atoms with E-state index in [2.05, 4.69) is 15.0 Å². The molecule has 0 saturated carbocycles. The zero-order valence-corrected chi connectivity index (χ0v) is 8.27. The molecule has 0 bridgehead atoms. The van der Waals surface area contributed by atoms with E-state index in [9.17, 15) is 9.59 Å². The first-order valence-electron chi connectivity index (χ1n) is 3.98. The third-order valence-corrected chi connectivity index (χ3v) is 1.10. The molecule has 0 aliphatic carbocycles. The fourth-order valence-corrected chi connectivity index (χ4v) is 0.581.